The number of hydrogen-bond donors (Lipinski definition) is 0. The Morgan fingerprint density at radius 2 is 0.769 bits per heavy atom. The van der Waals surface area contributed by atoms with Crippen LogP contribution in [0.25, 0.3) is 43.8 Å². The predicted molar refractivity (Wildman–Crippen MR) is 215 cm³/mol. The molecule has 4 heteroatoms. The first kappa shape index (κ1) is 39.4. The van der Waals surface area contributed by atoms with Crippen molar-refractivity contribution in [1.29, 1.82) is 0 Å². The fourth-order valence-electron chi connectivity index (χ4n) is 8.43. The van der Waals surface area contributed by atoms with Crippen LogP contribution in [0.3, 0.4) is 0 Å². The van der Waals surface area contributed by atoms with Crippen molar-refractivity contribution in [3.8, 4) is 22.3 Å². The molecule has 0 heterocycles. The number of hydrogen-bond acceptors (Lipinski definition) is 0. The summed E-state index contributed by atoms with van der Waals surface area (Å²) in [5.74, 6) is 0. The molecule has 0 aliphatic rings. The fourth-order valence-corrected chi connectivity index (χ4v) is 12.6. The molecule has 0 aliphatic heterocycles. The minimum Gasteiger partial charge on any atom is -1.00 e. The van der Waals surface area contributed by atoms with Crippen LogP contribution in [-0.4, -0.2) is 8.07 Å². The minimum atomic E-state index is -2.22. The van der Waals surface area contributed by atoms with Crippen LogP contribution < -0.4 is 35.2 Å². The molecule has 256 valence electrons. The van der Waals surface area contributed by atoms with Crippen LogP contribution in [-0.2, 0) is 39.0 Å². The van der Waals surface area contributed by atoms with Crippen molar-refractivity contribution < 1.29 is 51.0 Å². The van der Waals surface area contributed by atoms with Crippen LogP contribution in [0, 0.1) is 13.8 Å². The van der Waals surface area contributed by atoms with Gasteiger partial charge in [-0.2, -0.15) is 10.4 Å². The molecule has 0 nitrogen and oxygen atoms in total. The molecule has 0 aliphatic carbocycles. The van der Waals surface area contributed by atoms with Gasteiger partial charge in [-0.05, 0) is 46.2 Å². The molecule has 52 heavy (non-hydrogen) atoms. The molecule has 0 saturated carbocycles. The number of halogens is 2. The summed E-state index contributed by atoms with van der Waals surface area (Å²) in [7, 11) is -2.22. The number of rotatable bonds is 8. The summed E-state index contributed by atoms with van der Waals surface area (Å²) in [4.78, 5) is 0. The monoisotopic (exact) mass is 806 g/mol. The van der Waals surface area contributed by atoms with Crippen LogP contribution in [0.5, 0.6) is 0 Å². The largest absolute Gasteiger partial charge is 4.00 e. The molecule has 0 radical (unpaired) electrons. The Morgan fingerprint density at radius 3 is 1.13 bits per heavy atom. The Hall–Kier alpha value is -3.78. The SMILES string of the molecule is Cc1[cH-]c2cccc(-c3ccc(Cc4ccccc4)cc3)c2c1[Si](C)(C)c1c(C)[cH-]c2cccc(-c3ccc(Cc4ccccc4)cc3)c12.[Cl-].[Cl-].[Zr+4]. The van der Waals surface area contributed by atoms with E-state index in [2.05, 4.69) is 185 Å². The van der Waals surface area contributed by atoms with Gasteiger partial charge in [0.05, 0.1) is 0 Å². The molecule has 0 spiro atoms. The van der Waals surface area contributed by atoms with Gasteiger partial charge in [0.2, 0.25) is 0 Å². The molecular weight excluding hydrogens is 767 g/mol. The van der Waals surface area contributed by atoms with Crippen LogP contribution in [0.15, 0.2) is 158 Å². The standard InChI is InChI=1S/C48H42Si.2ClH.Zr/c1-33-29-41-17-11-19-43(39-25-21-37(22-26-39)31-35-13-7-5-8-14-35)45(41)47(33)49(3,4)48-34(2)30-42-18-12-20-44(46(42)48)40-27-23-38(24-28-40)32-36-15-9-6-10-16-36;;;/h5-30H,31-32H2,1-4H3;2*1H;/q-2;;;+4/p-2. The second kappa shape index (κ2) is 16.5. The molecule has 8 aromatic carbocycles. The first-order valence-electron chi connectivity index (χ1n) is 17.5. The van der Waals surface area contributed by atoms with Gasteiger partial charge in [-0.3, -0.25) is 0 Å². The molecule has 0 aromatic heterocycles. The molecule has 0 fully saturated rings. The first-order valence-corrected chi connectivity index (χ1v) is 20.5. The van der Waals surface area contributed by atoms with Gasteiger partial charge < -0.3 is 24.8 Å². The normalized spacial score (nSPS) is 11.2. The molecule has 0 saturated heterocycles. The van der Waals surface area contributed by atoms with Crippen LogP contribution in [0.1, 0.15) is 33.4 Å². The van der Waals surface area contributed by atoms with Gasteiger partial charge in [0.1, 0.15) is 0 Å². The second-order valence-corrected chi connectivity index (χ2v) is 18.5. The third kappa shape index (κ3) is 7.50. The maximum Gasteiger partial charge on any atom is 4.00 e. The molecule has 8 rings (SSSR count). The van der Waals surface area contributed by atoms with Gasteiger partial charge in [0.15, 0.2) is 0 Å². The van der Waals surface area contributed by atoms with E-state index in [1.807, 2.05) is 0 Å². The summed E-state index contributed by atoms with van der Waals surface area (Å²) in [5, 5.41) is 8.70. The topological polar surface area (TPSA) is 0 Å². The maximum absolute atomic E-state index is 2.58. The predicted octanol–water partition coefficient (Wildman–Crippen LogP) is 5.39. The van der Waals surface area contributed by atoms with E-state index >= 15 is 0 Å². The smallest absolute Gasteiger partial charge is 1.00 e. The Balaban J connectivity index is 0.00000174. The van der Waals surface area contributed by atoms with Crippen molar-refractivity contribution >= 4 is 40.0 Å². The third-order valence-electron chi connectivity index (χ3n) is 10.5. The Bertz CT molecular complexity index is 2230. The maximum atomic E-state index is 2.58. The van der Waals surface area contributed by atoms with Gasteiger partial charge in [0, 0.05) is 8.07 Å². The average Bonchev–Trinajstić information content (AvgIpc) is 3.66. The van der Waals surface area contributed by atoms with Gasteiger partial charge >= 0.3 is 26.2 Å². The summed E-state index contributed by atoms with van der Waals surface area (Å²) >= 11 is 0. The Kier molecular flexibility index (Phi) is 12.5. The van der Waals surface area contributed by atoms with E-state index in [0.29, 0.717) is 0 Å². The van der Waals surface area contributed by atoms with Gasteiger partial charge in [-0.25, -0.2) is 0 Å². The molecular formula is C48H42Cl2SiZr. The number of aryl methyl sites for hydroxylation is 2. The van der Waals surface area contributed by atoms with E-state index in [1.54, 1.807) is 10.4 Å². The number of fused-ring (bicyclic) bond motifs is 2. The number of benzene rings is 6. The first-order chi connectivity index (χ1) is 23.9. The molecule has 0 bridgehead atoms. The van der Waals surface area contributed by atoms with E-state index in [1.165, 1.54) is 77.2 Å². The zero-order chi connectivity index (χ0) is 33.5. The van der Waals surface area contributed by atoms with E-state index in [4.69, 9.17) is 0 Å². The Labute approximate surface area is 341 Å². The molecule has 0 unspecified atom stereocenters. The van der Waals surface area contributed by atoms with Crippen molar-refractivity contribution in [3.05, 3.63) is 191 Å². The van der Waals surface area contributed by atoms with E-state index in [-0.39, 0.29) is 51.0 Å². The van der Waals surface area contributed by atoms with Crippen LogP contribution >= 0.6 is 0 Å². The van der Waals surface area contributed by atoms with Crippen LogP contribution in [0.2, 0.25) is 13.1 Å². The van der Waals surface area contributed by atoms with Crippen molar-refractivity contribution in [1.82, 2.24) is 0 Å². The minimum absolute atomic E-state index is 0. The van der Waals surface area contributed by atoms with Gasteiger partial charge in [-0.15, -0.1) is 69.1 Å². The summed E-state index contributed by atoms with van der Waals surface area (Å²) in [5.41, 5.74) is 13.5. The third-order valence-corrected chi connectivity index (χ3v) is 14.3. The Morgan fingerprint density at radius 1 is 0.423 bits per heavy atom. The second-order valence-electron chi connectivity index (χ2n) is 14.3. The van der Waals surface area contributed by atoms with Gasteiger partial charge in [0.25, 0.3) is 0 Å². The summed E-state index contributed by atoms with van der Waals surface area (Å²) < 4.78 is 0. The molecule has 0 amide bonds. The molecule has 0 N–H and O–H groups in total. The molecule has 8 aromatic rings. The van der Waals surface area contributed by atoms with Crippen molar-refractivity contribution in [2.24, 2.45) is 0 Å². The fraction of sp³-hybridized carbons (Fsp3) is 0.125. The van der Waals surface area contributed by atoms with Crippen molar-refractivity contribution in [3.63, 3.8) is 0 Å². The van der Waals surface area contributed by atoms with Crippen molar-refractivity contribution in [2.45, 2.75) is 39.8 Å². The quantitative estimate of drug-likeness (QED) is 0.143. The summed E-state index contributed by atoms with van der Waals surface area (Å²) in [6.45, 7) is 9.83. The molecule has 0 atom stereocenters. The summed E-state index contributed by atoms with van der Waals surface area (Å²) in [6.07, 6.45) is 1.90. The van der Waals surface area contributed by atoms with E-state index in [0.717, 1.165) is 12.8 Å². The van der Waals surface area contributed by atoms with Gasteiger partial charge in [-0.1, -0.05) is 159 Å². The zero-order valence-electron chi connectivity index (χ0n) is 30.2. The van der Waals surface area contributed by atoms with Crippen LogP contribution in [0.4, 0.5) is 0 Å². The summed E-state index contributed by atoms with van der Waals surface area (Å²) in [6, 6.07) is 58.7. The zero-order valence-corrected chi connectivity index (χ0v) is 35.2. The van der Waals surface area contributed by atoms with E-state index < -0.39 is 8.07 Å². The van der Waals surface area contributed by atoms with Crippen molar-refractivity contribution in [2.75, 3.05) is 0 Å². The van der Waals surface area contributed by atoms with E-state index in [9.17, 15) is 0 Å². The average molecular weight is 809 g/mol.